The van der Waals surface area contributed by atoms with Crippen LogP contribution in [0, 0.1) is 0 Å². The normalized spacial score (nSPS) is 11.0. The number of benzene rings is 1. The van der Waals surface area contributed by atoms with Crippen LogP contribution in [0.3, 0.4) is 0 Å². The molecule has 2 amide bonds. The molecule has 10 heteroatoms. The summed E-state index contributed by atoms with van der Waals surface area (Å²) in [5.41, 5.74) is 1.48. The number of carbonyl (C=O) groups is 2. The van der Waals surface area contributed by atoms with Crippen LogP contribution in [-0.4, -0.2) is 42.0 Å². The first-order valence-electron chi connectivity index (χ1n) is 9.54. The molecule has 0 aliphatic heterocycles. The Hall–Kier alpha value is -2.66. The van der Waals surface area contributed by atoms with Crippen molar-refractivity contribution in [2.45, 2.75) is 12.8 Å². The van der Waals surface area contributed by atoms with Crippen LogP contribution in [0.2, 0.25) is 0 Å². The smallest absolute Gasteiger partial charge is 0.234 e. The largest absolute Gasteiger partial charge is 0.383 e. The quantitative estimate of drug-likeness (QED) is 0.394. The molecule has 4 aromatic rings. The third kappa shape index (κ3) is 5.53. The number of amides is 2. The topological polar surface area (TPSA) is 84.4 Å². The number of carbonyl (C=O) groups excluding carboxylic acids is 2. The standard InChI is InChI=1S/C21H20N4O3S3/c1-28-9-8-25(21-23-16-6-2-3-7-17(16)31-21)19(27)11-14-13-30-20(22-14)24-18(26)12-15-5-4-10-29-15/h2-7,10,13H,8-9,11-12H2,1H3,(H,22,24,26). The Kier molecular flexibility index (Phi) is 7.03. The molecule has 0 bridgehead atoms. The zero-order valence-electron chi connectivity index (χ0n) is 16.7. The first-order valence-corrected chi connectivity index (χ1v) is 12.1. The summed E-state index contributed by atoms with van der Waals surface area (Å²) < 4.78 is 6.21. The summed E-state index contributed by atoms with van der Waals surface area (Å²) in [4.78, 5) is 36.9. The summed E-state index contributed by atoms with van der Waals surface area (Å²) in [7, 11) is 1.60. The third-order valence-electron chi connectivity index (χ3n) is 4.38. The molecular formula is C21H20N4O3S3. The highest BCUT2D eigenvalue weighted by atomic mass is 32.1. The number of thiophene rings is 1. The lowest BCUT2D eigenvalue weighted by atomic mass is 10.3. The molecule has 3 aromatic heterocycles. The average Bonchev–Trinajstić information content (AvgIpc) is 3.49. The molecule has 7 nitrogen and oxygen atoms in total. The minimum Gasteiger partial charge on any atom is -0.383 e. The summed E-state index contributed by atoms with van der Waals surface area (Å²) in [5.74, 6) is -0.233. The summed E-state index contributed by atoms with van der Waals surface area (Å²) in [6, 6.07) is 11.6. The number of hydrogen-bond donors (Lipinski definition) is 1. The number of aromatic nitrogens is 2. The van der Waals surface area contributed by atoms with Crippen LogP contribution in [0.5, 0.6) is 0 Å². The first kappa shape index (κ1) is 21.6. The number of hydrogen-bond acceptors (Lipinski definition) is 8. The van der Waals surface area contributed by atoms with Crippen molar-refractivity contribution in [2.75, 3.05) is 30.5 Å². The Bertz CT molecular complexity index is 1140. The molecule has 31 heavy (non-hydrogen) atoms. The van der Waals surface area contributed by atoms with E-state index < -0.39 is 0 Å². The van der Waals surface area contributed by atoms with Crippen molar-refractivity contribution < 1.29 is 14.3 Å². The van der Waals surface area contributed by atoms with Crippen molar-refractivity contribution in [3.63, 3.8) is 0 Å². The van der Waals surface area contributed by atoms with Gasteiger partial charge in [0.25, 0.3) is 0 Å². The summed E-state index contributed by atoms with van der Waals surface area (Å²) in [5, 5.41) is 7.68. The Labute approximate surface area is 191 Å². The minimum absolute atomic E-state index is 0.113. The Morgan fingerprint density at radius 1 is 1.10 bits per heavy atom. The predicted octanol–water partition coefficient (Wildman–Crippen LogP) is 4.22. The highest BCUT2D eigenvalue weighted by Gasteiger charge is 2.21. The molecule has 0 fully saturated rings. The van der Waals surface area contributed by atoms with Gasteiger partial charge in [-0.2, -0.15) is 0 Å². The van der Waals surface area contributed by atoms with Gasteiger partial charge in [-0.15, -0.1) is 22.7 Å². The molecular weight excluding hydrogens is 452 g/mol. The van der Waals surface area contributed by atoms with Gasteiger partial charge in [0.2, 0.25) is 11.8 Å². The van der Waals surface area contributed by atoms with E-state index in [2.05, 4.69) is 15.3 Å². The Morgan fingerprint density at radius 3 is 2.74 bits per heavy atom. The number of nitrogens with zero attached hydrogens (tertiary/aromatic N) is 3. The lowest BCUT2D eigenvalue weighted by molar-refractivity contribution is -0.118. The van der Waals surface area contributed by atoms with Gasteiger partial charge in [-0.25, -0.2) is 9.97 Å². The van der Waals surface area contributed by atoms with Gasteiger partial charge in [-0.1, -0.05) is 29.5 Å². The molecule has 1 aromatic carbocycles. The van der Waals surface area contributed by atoms with Gasteiger partial charge >= 0.3 is 0 Å². The molecule has 0 spiro atoms. The number of rotatable bonds is 9. The lowest BCUT2D eigenvalue weighted by Crippen LogP contribution is -2.35. The van der Waals surface area contributed by atoms with Gasteiger partial charge in [-0.05, 0) is 23.6 Å². The number of fused-ring (bicyclic) bond motifs is 1. The fraction of sp³-hybridized carbons (Fsp3) is 0.238. The van der Waals surface area contributed by atoms with Crippen LogP contribution in [0.1, 0.15) is 10.6 Å². The first-order chi connectivity index (χ1) is 15.1. The van der Waals surface area contributed by atoms with Crippen molar-refractivity contribution in [1.82, 2.24) is 9.97 Å². The van der Waals surface area contributed by atoms with E-state index in [0.717, 1.165) is 15.1 Å². The zero-order valence-corrected chi connectivity index (χ0v) is 19.2. The molecule has 3 heterocycles. The van der Waals surface area contributed by atoms with E-state index in [9.17, 15) is 9.59 Å². The number of ether oxygens (including phenoxy) is 1. The molecule has 0 unspecified atom stereocenters. The summed E-state index contributed by atoms with van der Waals surface area (Å²) in [6.07, 6.45) is 0.435. The van der Waals surface area contributed by atoms with Crippen LogP contribution in [-0.2, 0) is 27.2 Å². The Morgan fingerprint density at radius 2 is 1.97 bits per heavy atom. The van der Waals surface area contributed by atoms with Gasteiger partial charge in [0, 0.05) is 17.4 Å². The van der Waals surface area contributed by atoms with Gasteiger partial charge < -0.3 is 10.1 Å². The van der Waals surface area contributed by atoms with Crippen molar-refractivity contribution in [2.24, 2.45) is 0 Å². The SMILES string of the molecule is COCCN(C(=O)Cc1csc(NC(=O)Cc2cccs2)n1)c1nc2ccccc2s1. The lowest BCUT2D eigenvalue weighted by Gasteiger charge is -2.18. The molecule has 1 N–H and O–H groups in total. The van der Waals surface area contributed by atoms with Crippen molar-refractivity contribution in [3.8, 4) is 0 Å². The van der Waals surface area contributed by atoms with E-state index in [-0.39, 0.29) is 18.2 Å². The fourth-order valence-corrected chi connectivity index (χ4v) is 5.35. The summed E-state index contributed by atoms with van der Waals surface area (Å²) >= 11 is 4.33. The third-order valence-corrected chi connectivity index (χ3v) is 7.12. The molecule has 4 rings (SSSR count). The number of nitrogens with one attached hydrogen (secondary N) is 1. The highest BCUT2D eigenvalue weighted by molar-refractivity contribution is 7.22. The van der Waals surface area contributed by atoms with Gasteiger partial charge in [-0.3, -0.25) is 14.5 Å². The zero-order chi connectivity index (χ0) is 21.6. The molecule has 0 radical (unpaired) electrons. The maximum Gasteiger partial charge on any atom is 0.234 e. The van der Waals surface area contributed by atoms with Crippen molar-refractivity contribution >= 4 is 66.3 Å². The second kappa shape index (κ2) is 10.1. The van der Waals surface area contributed by atoms with Gasteiger partial charge in [0.05, 0.1) is 41.9 Å². The highest BCUT2D eigenvalue weighted by Crippen LogP contribution is 2.29. The predicted molar refractivity (Wildman–Crippen MR) is 126 cm³/mol. The van der Waals surface area contributed by atoms with Crippen molar-refractivity contribution in [3.05, 3.63) is 57.7 Å². The number of methoxy groups -OCH3 is 1. The Balaban J connectivity index is 1.43. The summed E-state index contributed by atoms with van der Waals surface area (Å²) in [6.45, 7) is 0.812. The van der Waals surface area contributed by atoms with E-state index >= 15 is 0 Å². The maximum atomic E-state index is 13.1. The van der Waals surface area contributed by atoms with Crippen molar-refractivity contribution in [1.29, 1.82) is 0 Å². The van der Waals surface area contributed by atoms with E-state index in [1.54, 1.807) is 28.7 Å². The maximum absolute atomic E-state index is 13.1. The van der Waals surface area contributed by atoms with E-state index in [1.165, 1.54) is 22.7 Å². The number of anilines is 2. The van der Waals surface area contributed by atoms with Crippen LogP contribution in [0.15, 0.2) is 47.2 Å². The average molecular weight is 473 g/mol. The number of para-hydroxylation sites is 1. The van der Waals surface area contributed by atoms with Gasteiger partial charge in [0.1, 0.15) is 0 Å². The van der Waals surface area contributed by atoms with Crippen LogP contribution in [0.25, 0.3) is 10.2 Å². The molecule has 0 atom stereocenters. The fourth-order valence-electron chi connectivity index (χ4n) is 2.92. The second-order valence-corrected chi connectivity index (χ2v) is 9.53. The monoisotopic (exact) mass is 472 g/mol. The molecule has 0 saturated heterocycles. The van der Waals surface area contributed by atoms with E-state index in [1.807, 2.05) is 41.8 Å². The molecule has 160 valence electrons. The van der Waals surface area contributed by atoms with Crippen LogP contribution >= 0.6 is 34.0 Å². The molecule has 0 aliphatic rings. The molecule has 0 saturated carbocycles. The second-order valence-electron chi connectivity index (χ2n) is 6.63. The minimum atomic E-state index is -0.120. The van der Waals surface area contributed by atoms with Crippen LogP contribution in [0.4, 0.5) is 10.3 Å². The molecule has 0 aliphatic carbocycles. The number of thiazole rings is 2. The van der Waals surface area contributed by atoms with E-state index in [4.69, 9.17) is 4.74 Å². The van der Waals surface area contributed by atoms with Gasteiger partial charge in [0.15, 0.2) is 10.3 Å². The van der Waals surface area contributed by atoms with E-state index in [0.29, 0.717) is 35.5 Å². The van der Waals surface area contributed by atoms with Crippen LogP contribution < -0.4 is 10.2 Å².